The molecule has 1 heterocycles. The molecule has 0 aliphatic carbocycles. The molecule has 2 aromatic rings. The largest absolute Gasteiger partial charge is 0.407 e. The molecule has 4 heteroatoms. The molecule has 0 saturated carbocycles. The Balaban J connectivity index is 2.50. The molecule has 1 aromatic carbocycles. The third-order valence-electron chi connectivity index (χ3n) is 2.07. The number of carbonyl (C=O) groups is 1. The Labute approximate surface area is 80.7 Å². The summed E-state index contributed by atoms with van der Waals surface area (Å²) in [5, 5.41) is 0. The average molecular weight is 192 g/mol. The van der Waals surface area contributed by atoms with E-state index in [-0.39, 0.29) is 6.73 Å². The van der Waals surface area contributed by atoms with Crippen LogP contribution >= 0.6 is 0 Å². The van der Waals surface area contributed by atoms with Crippen LogP contribution in [0.15, 0.2) is 28.7 Å². The zero-order chi connectivity index (χ0) is 9.97. The molecular weight excluding hydrogens is 182 g/mol. The molecule has 72 valence electrons. The zero-order valence-corrected chi connectivity index (χ0v) is 7.77. The normalized spacial score (nSPS) is 10.4. The number of fused-ring (bicyclic) bond motifs is 1. The van der Waals surface area contributed by atoms with Gasteiger partial charge >= 0.3 is 5.89 Å². The van der Waals surface area contributed by atoms with Gasteiger partial charge in [0.1, 0.15) is 0 Å². The van der Waals surface area contributed by atoms with E-state index in [1.165, 1.54) is 0 Å². The molecule has 0 atom stereocenters. The van der Waals surface area contributed by atoms with Gasteiger partial charge in [0.2, 0.25) is 5.58 Å². The fourth-order valence-electron chi connectivity index (χ4n) is 1.42. The summed E-state index contributed by atoms with van der Waals surface area (Å²) in [4.78, 5) is 10.1. The van der Waals surface area contributed by atoms with Crippen LogP contribution < -0.4 is 4.57 Å². The Hall–Kier alpha value is -1.84. The number of aryl methyl sites for hydroxylation is 1. The van der Waals surface area contributed by atoms with E-state index in [1.54, 1.807) is 4.57 Å². The van der Waals surface area contributed by atoms with Crippen LogP contribution in [0.2, 0.25) is 0 Å². The molecule has 14 heavy (non-hydrogen) atoms. The summed E-state index contributed by atoms with van der Waals surface area (Å²) in [5.41, 5.74) is 1.71. The van der Waals surface area contributed by atoms with Crippen LogP contribution in [-0.4, -0.2) is 6.47 Å². The minimum Gasteiger partial charge on any atom is -0.407 e. The summed E-state index contributed by atoms with van der Waals surface area (Å²) in [6, 6.07) is 7.60. The number of rotatable bonds is 3. The number of para-hydroxylation sites is 2. The number of nitrogens with zero attached hydrogens (tertiary/aromatic N) is 1. The third kappa shape index (κ3) is 1.35. The minimum absolute atomic E-state index is 0.187. The predicted molar refractivity (Wildman–Crippen MR) is 48.3 cm³/mol. The lowest BCUT2D eigenvalue weighted by atomic mass is 10.3. The van der Waals surface area contributed by atoms with Gasteiger partial charge in [0.25, 0.3) is 18.7 Å². The number of ether oxygens (including phenoxy) is 1. The van der Waals surface area contributed by atoms with Crippen molar-refractivity contribution in [3.63, 3.8) is 0 Å². The van der Waals surface area contributed by atoms with Crippen molar-refractivity contribution in [1.82, 2.24) is 0 Å². The van der Waals surface area contributed by atoms with E-state index >= 15 is 0 Å². The van der Waals surface area contributed by atoms with Crippen LogP contribution in [0.4, 0.5) is 0 Å². The molecule has 0 aliphatic heterocycles. The van der Waals surface area contributed by atoms with Crippen molar-refractivity contribution < 1.29 is 18.5 Å². The van der Waals surface area contributed by atoms with E-state index in [0.717, 1.165) is 11.1 Å². The van der Waals surface area contributed by atoms with E-state index in [0.29, 0.717) is 12.4 Å². The van der Waals surface area contributed by atoms with Crippen molar-refractivity contribution in [2.45, 2.75) is 13.7 Å². The highest BCUT2D eigenvalue weighted by atomic mass is 16.5. The summed E-state index contributed by atoms with van der Waals surface area (Å²) in [6.45, 7) is 2.44. The SMILES string of the molecule is Cc1oc2ccccc2[n+]1COC=O. The maximum absolute atomic E-state index is 10.1. The highest BCUT2D eigenvalue weighted by Crippen LogP contribution is 2.11. The highest BCUT2D eigenvalue weighted by molar-refractivity contribution is 5.68. The number of hydrogen-bond donors (Lipinski definition) is 0. The van der Waals surface area contributed by atoms with Gasteiger partial charge < -0.3 is 9.15 Å². The first kappa shape index (κ1) is 8.74. The van der Waals surface area contributed by atoms with Crippen molar-refractivity contribution in [2.24, 2.45) is 0 Å². The van der Waals surface area contributed by atoms with E-state index in [4.69, 9.17) is 4.42 Å². The van der Waals surface area contributed by atoms with E-state index in [1.807, 2.05) is 31.2 Å². The average Bonchev–Trinajstić information content (AvgIpc) is 2.51. The van der Waals surface area contributed by atoms with Crippen molar-refractivity contribution in [3.05, 3.63) is 30.2 Å². The number of carbonyl (C=O) groups excluding carboxylic acids is 1. The van der Waals surface area contributed by atoms with Crippen molar-refractivity contribution in [2.75, 3.05) is 0 Å². The van der Waals surface area contributed by atoms with Crippen LogP contribution in [0.3, 0.4) is 0 Å². The molecule has 2 rings (SSSR count). The van der Waals surface area contributed by atoms with Gasteiger partial charge in [0.15, 0.2) is 0 Å². The Bertz CT molecular complexity index is 461. The summed E-state index contributed by atoms with van der Waals surface area (Å²) >= 11 is 0. The topological polar surface area (TPSA) is 43.3 Å². The Morgan fingerprint density at radius 1 is 1.50 bits per heavy atom. The van der Waals surface area contributed by atoms with Gasteiger partial charge in [0, 0.05) is 6.07 Å². The maximum atomic E-state index is 10.1. The third-order valence-corrected chi connectivity index (χ3v) is 2.07. The summed E-state index contributed by atoms with van der Waals surface area (Å²) in [5.74, 6) is 0.716. The number of aromatic nitrogens is 1. The van der Waals surface area contributed by atoms with Gasteiger partial charge in [-0.1, -0.05) is 12.1 Å². The lowest BCUT2D eigenvalue weighted by molar-refractivity contribution is -0.713. The first-order valence-electron chi connectivity index (χ1n) is 4.26. The van der Waals surface area contributed by atoms with Crippen LogP contribution in [0.5, 0.6) is 0 Å². The van der Waals surface area contributed by atoms with Gasteiger partial charge in [-0.2, -0.15) is 0 Å². The quantitative estimate of drug-likeness (QED) is 0.541. The number of oxazole rings is 1. The Morgan fingerprint density at radius 2 is 2.29 bits per heavy atom. The van der Waals surface area contributed by atoms with Crippen LogP contribution in [0.1, 0.15) is 5.89 Å². The Morgan fingerprint density at radius 3 is 3.07 bits per heavy atom. The number of hydrogen-bond acceptors (Lipinski definition) is 3. The zero-order valence-electron chi connectivity index (χ0n) is 7.77. The van der Waals surface area contributed by atoms with Gasteiger partial charge in [-0.05, 0) is 6.07 Å². The fourth-order valence-corrected chi connectivity index (χ4v) is 1.42. The molecule has 0 saturated heterocycles. The standard InChI is InChI=1S/C10H10NO3/c1-8-11(6-13-7-12)9-4-2-3-5-10(9)14-8/h2-5,7H,6H2,1H3/q+1. The van der Waals surface area contributed by atoms with Crippen LogP contribution in [-0.2, 0) is 16.3 Å². The summed E-state index contributed by atoms with van der Waals surface area (Å²) < 4.78 is 11.9. The first-order chi connectivity index (χ1) is 6.83. The molecule has 0 radical (unpaired) electrons. The van der Waals surface area contributed by atoms with Gasteiger partial charge in [-0.3, -0.25) is 4.79 Å². The van der Waals surface area contributed by atoms with E-state index in [2.05, 4.69) is 4.74 Å². The van der Waals surface area contributed by atoms with Crippen molar-refractivity contribution >= 4 is 17.6 Å². The molecule has 0 spiro atoms. The lowest BCUT2D eigenvalue weighted by Gasteiger charge is -1.91. The molecule has 0 fully saturated rings. The Kier molecular flexibility index (Phi) is 2.18. The molecule has 0 N–H and O–H groups in total. The molecular formula is C10H10NO3+. The smallest absolute Gasteiger partial charge is 0.347 e. The predicted octanol–water partition coefficient (Wildman–Crippen LogP) is 1.16. The van der Waals surface area contributed by atoms with Gasteiger partial charge in [-0.15, -0.1) is 4.57 Å². The fraction of sp³-hybridized carbons (Fsp3) is 0.200. The van der Waals surface area contributed by atoms with Crippen LogP contribution in [0.25, 0.3) is 11.1 Å². The van der Waals surface area contributed by atoms with E-state index in [9.17, 15) is 4.79 Å². The van der Waals surface area contributed by atoms with E-state index < -0.39 is 0 Å². The molecule has 0 unspecified atom stereocenters. The van der Waals surface area contributed by atoms with Gasteiger partial charge in [-0.25, -0.2) is 0 Å². The molecule has 1 aromatic heterocycles. The molecule has 0 aliphatic rings. The molecule has 0 bridgehead atoms. The van der Waals surface area contributed by atoms with Crippen LogP contribution in [0, 0.1) is 6.92 Å². The van der Waals surface area contributed by atoms with Gasteiger partial charge in [0.05, 0.1) is 6.92 Å². The second-order valence-electron chi connectivity index (χ2n) is 2.91. The lowest BCUT2D eigenvalue weighted by Crippen LogP contribution is -2.36. The molecule has 0 amide bonds. The first-order valence-corrected chi connectivity index (χ1v) is 4.26. The summed E-state index contributed by atoms with van der Waals surface area (Å²) in [6.07, 6.45) is 0. The monoisotopic (exact) mass is 192 g/mol. The molecule has 4 nitrogen and oxygen atoms in total. The summed E-state index contributed by atoms with van der Waals surface area (Å²) in [7, 11) is 0. The second kappa shape index (κ2) is 3.49. The van der Waals surface area contributed by atoms with Crippen molar-refractivity contribution in [3.8, 4) is 0 Å². The van der Waals surface area contributed by atoms with Crippen molar-refractivity contribution in [1.29, 1.82) is 0 Å². The number of benzene rings is 1. The maximum Gasteiger partial charge on any atom is 0.347 e. The minimum atomic E-state index is 0.187. The second-order valence-corrected chi connectivity index (χ2v) is 2.91. The highest BCUT2D eigenvalue weighted by Gasteiger charge is 2.17.